The Balaban J connectivity index is 1.95. The van der Waals surface area contributed by atoms with Gasteiger partial charge in [0.1, 0.15) is 5.75 Å². The van der Waals surface area contributed by atoms with Crippen molar-refractivity contribution in [3.63, 3.8) is 0 Å². The van der Waals surface area contributed by atoms with E-state index in [0.717, 1.165) is 40.5 Å². The van der Waals surface area contributed by atoms with Crippen molar-refractivity contribution in [2.75, 3.05) is 7.11 Å². The highest BCUT2D eigenvalue weighted by Gasteiger charge is 2.43. The number of fused-ring (bicyclic) bond motifs is 3. The molecule has 22 heavy (non-hydrogen) atoms. The molecule has 2 bridgehead atoms. The Morgan fingerprint density at radius 3 is 2.68 bits per heavy atom. The van der Waals surface area contributed by atoms with E-state index in [4.69, 9.17) is 4.74 Å². The summed E-state index contributed by atoms with van der Waals surface area (Å²) in [6.45, 7) is 0. The summed E-state index contributed by atoms with van der Waals surface area (Å²) in [5.41, 5.74) is 2.18. The largest absolute Gasteiger partial charge is 0.496 e. The van der Waals surface area contributed by atoms with Crippen LogP contribution in [0.15, 0.2) is 42.5 Å². The highest BCUT2D eigenvalue weighted by Crippen LogP contribution is 2.44. The third-order valence-electron chi connectivity index (χ3n) is 4.93. The molecule has 0 amide bonds. The zero-order valence-electron chi connectivity index (χ0n) is 12.5. The Bertz CT molecular complexity index is 880. The van der Waals surface area contributed by atoms with Gasteiger partial charge in [-0.15, -0.1) is 0 Å². The lowest BCUT2D eigenvalue weighted by Crippen LogP contribution is -2.26. The van der Waals surface area contributed by atoms with E-state index in [1.54, 1.807) is 7.11 Å². The number of ether oxygens (including phenoxy) is 1. The fourth-order valence-electron chi connectivity index (χ4n) is 3.80. The molecule has 1 saturated heterocycles. The van der Waals surface area contributed by atoms with Gasteiger partial charge in [-0.05, 0) is 41.7 Å². The molecule has 1 fully saturated rings. The maximum atomic E-state index is 12.3. The van der Waals surface area contributed by atoms with Gasteiger partial charge in [-0.2, -0.15) is 0 Å². The fourth-order valence-corrected chi connectivity index (χ4v) is 5.99. The Morgan fingerprint density at radius 1 is 1.09 bits per heavy atom. The van der Waals surface area contributed by atoms with Crippen LogP contribution in [0.4, 0.5) is 0 Å². The molecule has 4 heteroatoms. The number of hydrogen-bond donors (Lipinski definition) is 0. The minimum Gasteiger partial charge on any atom is -0.496 e. The normalized spacial score (nSPS) is 26.0. The first-order valence-corrected chi connectivity index (χ1v) is 9.21. The van der Waals surface area contributed by atoms with Crippen molar-refractivity contribution in [2.24, 2.45) is 0 Å². The standard InChI is InChI=1S/C18H18O3S/c1-21-17-9-6-12-4-2-3-5-16(12)18(17)13-10-14-7-8-15(11-13)22(14,19)20/h2-6,9-10,14-15H,7-8,11H2,1H3. The topological polar surface area (TPSA) is 43.4 Å². The minimum atomic E-state index is -2.96. The molecule has 114 valence electrons. The van der Waals surface area contributed by atoms with Gasteiger partial charge in [0.25, 0.3) is 0 Å². The molecule has 4 rings (SSSR count). The molecule has 3 nitrogen and oxygen atoms in total. The van der Waals surface area contributed by atoms with Gasteiger partial charge < -0.3 is 4.74 Å². The predicted octanol–water partition coefficient (Wildman–Crippen LogP) is 3.58. The quantitative estimate of drug-likeness (QED) is 0.851. The second-order valence-corrected chi connectivity index (χ2v) is 8.54. The Morgan fingerprint density at radius 2 is 1.91 bits per heavy atom. The summed E-state index contributed by atoms with van der Waals surface area (Å²) in [5.74, 6) is 0.823. The van der Waals surface area contributed by atoms with Gasteiger partial charge in [0, 0.05) is 5.56 Å². The highest BCUT2D eigenvalue weighted by molar-refractivity contribution is 7.93. The first-order valence-electron chi connectivity index (χ1n) is 7.61. The van der Waals surface area contributed by atoms with E-state index < -0.39 is 9.84 Å². The van der Waals surface area contributed by atoms with E-state index in [-0.39, 0.29) is 10.5 Å². The molecule has 2 unspecified atom stereocenters. The minimum absolute atomic E-state index is 0.221. The Kier molecular flexibility index (Phi) is 3.05. The molecule has 0 radical (unpaired) electrons. The molecule has 0 aromatic heterocycles. The molecule has 0 aliphatic carbocycles. The fraction of sp³-hybridized carbons (Fsp3) is 0.333. The number of sulfone groups is 1. The molecule has 2 heterocycles. The van der Waals surface area contributed by atoms with Crippen LogP contribution in [0, 0.1) is 0 Å². The maximum Gasteiger partial charge on any atom is 0.159 e. The molecule has 2 aromatic carbocycles. The van der Waals surface area contributed by atoms with Gasteiger partial charge in [0.15, 0.2) is 9.84 Å². The number of rotatable bonds is 2. The average molecular weight is 314 g/mol. The summed E-state index contributed by atoms with van der Waals surface area (Å²) < 4.78 is 30.1. The van der Waals surface area contributed by atoms with Gasteiger partial charge >= 0.3 is 0 Å². The molecule has 0 spiro atoms. The number of hydrogen-bond acceptors (Lipinski definition) is 3. The van der Waals surface area contributed by atoms with E-state index in [1.165, 1.54) is 0 Å². The van der Waals surface area contributed by atoms with Crippen molar-refractivity contribution >= 4 is 26.2 Å². The van der Waals surface area contributed by atoms with Crippen LogP contribution in [-0.2, 0) is 9.84 Å². The molecule has 2 aromatic rings. The third-order valence-corrected chi connectivity index (χ3v) is 7.47. The first-order chi connectivity index (χ1) is 10.6. The molecular weight excluding hydrogens is 296 g/mol. The monoisotopic (exact) mass is 314 g/mol. The smallest absolute Gasteiger partial charge is 0.159 e. The van der Waals surface area contributed by atoms with E-state index in [9.17, 15) is 8.42 Å². The van der Waals surface area contributed by atoms with Gasteiger partial charge in [-0.3, -0.25) is 0 Å². The molecule has 2 aliphatic heterocycles. The van der Waals surface area contributed by atoms with Gasteiger partial charge in [0.05, 0.1) is 17.6 Å². The zero-order chi connectivity index (χ0) is 15.3. The average Bonchev–Trinajstić information content (AvgIpc) is 2.71. The van der Waals surface area contributed by atoms with E-state index in [2.05, 4.69) is 12.1 Å². The highest BCUT2D eigenvalue weighted by atomic mass is 32.2. The van der Waals surface area contributed by atoms with E-state index in [0.29, 0.717) is 6.42 Å². The summed E-state index contributed by atoms with van der Waals surface area (Å²) >= 11 is 0. The summed E-state index contributed by atoms with van der Waals surface area (Å²) in [7, 11) is -1.29. The second kappa shape index (κ2) is 4.85. The Labute approximate surface area is 130 Å². The number of allylic oxidation sites excluding steroid dienone is 1. The zero-order valence-corrected chi connectivity index (χ0v) is 13.3. The van der Waals surface area contributed by atoms with Crippen LogP contribution >= 0.6 is 0 Å². The van der Waals surface area contributed by atoms with E-state index >= 15 is 0 Å². The predicted molar refractivity (Wildman–Crippen MR) is 88.8 cm³/mol. The van der Waals surface area contributed by atoms with Crippen molar-refractivity contribution < 1.29 is 13.2 Å². The summed E-state index contributed by atoms with van der Waals surface area (Å²) in [4.78, 5) is 0. The van der Waals surface area contributed by atoms with Crippen LogP contribution in [0.25, 0.3) is 16.3 Å². The van der Waals surface area contributed by atoms with Crippen molar-refractivity contribution in [3.05, 3.63) is 48.0 Å². The lowest BCUT2D eigenvalue weighted by Gasteiger charge is -2.23. The van der Waals surface area contributed by atoms with Crippen LogP contribution in [0.1, 0.15) is 24.8 Å². The molecular formula is C18H18O3S. The van der Waals surface area contributed by atoms with Crippen LogP contribution in [0.2, 0.25) is 0 Å². The second-order valence-electron chi connectivity index (χ2n) is 6.09. The number of benzene rings is 2. The van der Waals surface area contributed by atoms with Crippen LogP contribution in [0.5, 0.6) is 5.75 Å². The van der Waals surface area contributed by atoms with Gasteiger partial charge in [-0.1, -0.05) is 36.4 Å². The number of methoxy groups -OCH3 is 1. The van der Waals surface area contributed by atoms with Gasteiger partial charge in [-0.25, -0.2) is 8.42 Å². The van der Waals surface area contributed by atoms with Crippen molar-refractivity contribution in [1.82, 2.24) is 0 Å². The molecule has 0 saturated carbocycles. The lowest BCUT2D eigenvalue weighted by atomic mass is 9.94. The first kappa shape index (κ1) is 13.8. The molecule has 2 atom stereocenters. The van der Waals surface area contributed by atoms with Crippen LogP contribution in [0.3, 0.4) is 0 Å². The van der Waals surface area contributed by atoms with Crippen LogP contribution in [-0.4, -0.2) is 26.0 Å². The van der Waals surface area contributed by atoms with Crippen molar-refractivity contribution in [2.45, 2.75) is 29.8 Å². The van der Waals surface area contributed by atoms with Crippen molar-refractivity contribution in [3.8, 4) is 5.75 Å². The lowest BCUT2D eigenvalue weighted by molar-refractivity contribution is 0.414. The molecule has 2 aliphatic rings. The van der Waals surface area contributed by atoms with Crippen molar-refractivity contribution in [1.29, 1.82) is 0 Å². The summed E-state index contributed by atoms with van der Waals surface area (Å²) in [6, 6.07) is 12.2. The maximum absolute atomic E-state index is 12.3. The summed E-state index contributed by atoms with van der Waals surface area (Å²) in [5, 5.41) is 1.75. The van der Waals surface area contributed by atoms with Gasteiger partial charge in [0.2, 0.25) is 0 Å². The molecule has 0 N–H and O–H groups in total. The Hall–Kier alpha value is -1.81. The third kappa shape index (κ3) is 1.90. The SMILES string of the molecule is COc1ccc2ccccc2c1C1=CC2CCC(C1)S2(=O)=O. The van der Waals surface area contributed by atoms with Crippen LogP contribution < -0.4 is 4.74 Å². The van der Waals surface area contributed by atoms with E-state index in [1.807, 2.05) is 30.3 Å². The summed E-state index contributed by atoms with van der Waals surface area (Å²) in [6.07, 6.45) is 4.09.